The lowest BCUT2D eigenvalue weighted by Gasteiger charge is -2.27. The van der Waals surface area contributed by atoms with E-state index in [9.17, 15) is 4.39 Å². The van der Waals surface area contributed by atoms with Gasteiger partial charge in [0.15, 0.2) is 8.32 Å². The van der Waals surface area contributed by atoms with Crippen LogP contribution in [0.4, 0.5) is 4.39 Å². The molecule has 0 aliphatic carbocycles. The van der Waals surface area contributed by atoms with E-state index in [0.29, 0.717) is 0 Å². The van der Waals surface area contributed by atoms with Gasteiger partial charge in [-0.15, -0.1) is 0 Å². The molecule has 1 aromatic rings. The molecule has 0 saturated heterocycles. The van der Waals surface area contributed by atoms with Crippen molar-refractivity contribution < 1.29 is 8.82 Å². The molecule has 0 unspecified atom stereocenters. The van der Waals surface area contributed by atoms with Crippen molar-refractivity contribution in [2.24, 2.45) is 0 Å². The van der Waals surface area contributed by atoms with Gasteiger partial charge in [0.05, 0.1) is 0 Å². The van der Waals surface area contributed by atoms with Gasteiger partial charge in [-0.05, 0) is 42.2 Å². The highest BCUT2D eigenvalue weighted by Crippen LogP contribution is 2.21. The first-order chi connectivity index (χ1) is 8.15. The lowest BCUT2D eigenvalue weighted by atomic mass is 10.2. The van der Waals surface area contributed by atoms with E-state index in [1.165, 1.54) is 30.3 Å². The number of benzene rings is 1. The molecule has 0 fully saturated rings. The highest BCUT2D eigenvalue weighted by atomic mass is 28.4. The number of hydrogen-bond acceptors (Lipinski definition) is 1. The Morgan fingerprint density at radius 3 is 2.00 bits per heavy atom. The summed E-state index contributed by atoms with van der Waals surface area (Å²) in [5.74, 6) is -0.172. The molecule has 17 heavy (non-hydrogen) atoms. The molecular weight excluding hydrogens is 231 g/mol. The van der Waals surface area contributed by atoms with Crippen LogP contribution in [0.15, 0.2) is 24.3 Å². The minimum atomic E-state index is -1.46. The van der Waals surface area contributed by atoms with Crippen LogP contribution in [0.1, 0.15) is 26.3 Å². The number of rotatable bonds is 7. The third-order valence-electron chi connectivity index (χ3n) is 3.65. The van der Waals surface area contributed by atoms with Crippen LogP contribution >= 0.6 is 0 Å². The third-order valence-corrected chi connectivity index (χ3v) is 8.33. The normalized spacial score (nSPS) is 11.8. The molecule has 0 radical (unpaired) electrons. The van der Waals surface area contributed by atoms with Gasteiger partial charge in [-0.2, -0.15) is 0 Å². The lowest BCUT2D eigenvalue weighted by Crippen LogP contribution is -2.36. The summed E-state index contributed by atoms with van der Waals surface area (Å²) in [7, 11) is -1.46. The zero-order valence-corrected chi connectivity index (χ0v) is 12.1. The van der Waals surface area contributed by atoms with Crippen molar-refractivity contribution in [3.63, 3.8) is 0 Å². The summed E-state index contributed by atoms with van der Waals surface area (Å²) in [5, 5.41) is 0. The van der Waals surface area contributed by atoms with E-state index in [1.54, 1.807) is 0 Å². The summed E-state index contributed by atoms with van der Waals surface area (Å²) < 4.78 is 18.9. The van der Waals surface area contributed by atoms with Crippen LogP contribution < -0.4 is 0 Å². The standard InChI is InChI=1S/C14H23FOSi/c1-4-17(5-2,6-3)16-12-11-13-7-9-14(15)10-8-13/h7-10H,4-6,11-12H2,1-3H3. The van der Waals surface area contributed by atoms with Gasteiger partial charge in [-0.25, -0.2) is 4.39 Å². The number of hydrogen-bond donors (Lipinski definition) is 0. The molecule has 0 bridgehead atoms. The molecule has 0 amide bonds. The predicted octanol–water partition coefficient (Wildman–Crippen LogP) is 4.39. The first-order valence-electron chi connectivity index (χ1n) is 6.54. The van der Waals surface area contributed by atoms with Crippen LogP contribution in [0.25, 0.3) is 0 Å². The molecule has 1 rings (SSSR count). The van der Waals surface area contributed by atoms with Gasteiger partial charge in [0.1, 0.15) is 5.82 Å². The van der Waals surface area contributed by atoms with E-state index in [4.69, 9.17) is 4.43 Å². The molecule has 0 aromatic heterocycles. The maximum Gasteiger partial charge on any atom is 0.191 e. The van der Waals surface area contributed by atoms with E-state index >= 15 is 0 Å². The van der Waals surface area contributed by atoms with Gasteiger partial charge in [0.2, 0.25) is 0 Å². The fourth-order valence-electron chi connectivity index (χ4n) is 2.09. The Balaban J connectivity index is 2.43. The maximum absolute atomic E-state index is 12.7. The highest BCUT2D eigenvalue weighted by molar-refractivity contribution is 6.73. The van der Waals surface area contributed by atoms with E-state index in [2.05, 4.69) is 20.8 Å². The minimum absolute atomic E-state index is 0.172. The molecule has 1 nitrogen and oxygen atoms in total. The van der Waals surface area contributed by atoms with E-state index < -0.39 is 8.32 Å². The summed E-state index contributed by atoms with van der Waals surface area (Å²) in [6.07, 6.45) is 0.884. The van der Waals surface area contributed by atoms with Crippen LogP contribution in [0, 0.1) is 5.82 Å². The summed E-state index contributed by atoms with van der Waals surface area (Å²) in [4.78, 5) is 0. The van der Waals surface area contributed by atoms with Gasteiger partial charge in [0, 0.05) is 6.61 Å². The van der Waals surface area contributed by atoms with Crippen LogP contribution in [0.5, 0.6) is 0 Å². The number of halogens is 1. The van der Waals surface area contributed by atoms with Crippen molar-refractivity contribution in [3.8, 4) is 0 Å². The molecule has 0 saturated carbocycles. The van der Waals surface area contributed by atoms with Crippen LogP contribution in [-0.2, 0) is 10.8 Å². The monoisotopic (exact) mass is 254 g/mol. The Bertz CT molecular complexity index is 311. The molecule has 3 heteroatoms. The van der Waals surface area contributed by atoms with Crippen LogP contribution in [-0.4, -0.2) is 14.9 Å². The smallest absolute Gasteiger partial charge is 0.191 e. The molecule has 0 aliphatic heterocycles. The SMILES string of the molecule is CC[Si](CC)(CC)OCCc1ccc(F)cc1. The second kappa shape index (κ2) is 6.92. The molecule has 0 aliphatic rings. The molecule has 0 spiro atoms. The van der Waals surface area contributed by atoms with Gasteiger partial charge < -0.3 is 4.43 Å². The Morgan fingerprint density at radius 2 is 1.53 bits per heavy atom. The fraction of sp³-hybridized carbons (Fsp3) is 0.571. The van der Waals surface area contributed by atoms with Gasteiger partial charge in [0.25, 0.3) is 0 Å². The average molecular weight is 254 g/mol. The van der Waals surface area contributed by atoms with Crippen LogP contribution in [0.3, 0.4) is 0 Å². The summed E-state index contributed by atoms with van der Waals surface area (Å²) in [5.41, 5.74) is 1.15. The topological polar surface area (TPSA) is 9.23 Å². The largest absolute Gasteiger partial charge is 0.416 e. The minimum Gasteiger partial charge on any atom is -0.416 e. The Labute approximate surface area is 105 Å². The Morgan fingerprint density at radius 1 is 1.00 bits per heavy atom. The third kappa shape index (κ3) is 4.24. The second-order valence-electron chi connectivity index (χ2n) is 4.47. The summed E-state index contributed by atoms with van der Waals surface area (Å²) >= 11 is 0. The first kappa shape index (κ1) is 14.4. The van der Waals surface area contributed by atoms with E-state index in [1.807, 2.05) is 12.1 Å². The fourth-order valence-corrected chi connectivity index (χ4v) is 4.74. The van der Waals surface area contributed by atoms with Gasteiger partial charge in [-0.3, -0.25) is 0 Å². The zero-order chi connectivity index (χ0) is 12.7. The molecule has 96 valence electrons. The molecule has 0 heterocycles. The Hall–Kier alpha value is -0.673. The average Bonchev–Trinajstić information content (AvgIpc) is 2.38. The van der Waals surface area contributed by atoms with Crippen molar-refractivity contribution in [1.29, 1.82) is 0 Å². The van der Waals surface area contributed by atoms with Gasteiger partial charge in [-0.1, -0.05) is 32.9 Å². The van der Waals surface area contributed by atoms with Crippen molar-refractivity contribution in [2.45, 2.75) is 45.3 Å². The highest BCUT2D eigenvalue weighted by Gasteiger charge is 2.28. The molecular formula is C14H23FOSi. The van der Waals surface area contributed by atoms with Gasteiger partial charge >= 0.3 is 0 Å². The molecule has 0 atom stereocenters. The van der Waals surface area contributed by atoms with Crippen LogP contribution in [0.2, 0.25) is 18.1 Å². The summed E-state index contributed by atoms with van der Waals surface area (Å²) in [6.45, 7) is 7.47. The second-order valence-corrected chi connectivity index (χ2v) is 9.24. The summed E-state index contributed by atoms with van der Waals surface area (Å²) in [6, 6.07) is 10.3. The van der Waals surface area contributed by atoms with E-state index in [0.717, 1.165) is 18.6 Å². The molecule has 0 N–H and O–H groups in total. The van der Waals surface area contributed by atoms with Crippen molar-refractivity contribution in [1.82, 2.24) is 0 Å². The quantitative estimate of drug-likeness (QED) is 0.656. The van der Waals surface area contributed by atoms with Crippen molar-refractivity contribution in [3.05, 3.63) is 35.6 Å². The van der Waals surface area contributed by atoms with Crippen molar-refractivity contribution >= 4 is 8.32 Å². The van der Waals surface area contributed by atoms with E-state index in [-0.39, 0.29) is 5.82 Å². The molecule has 1 aromatic carbocycles. The predicted molar refractivity (Wildman–Crippen MR) is 73.3 cm³/mol. The zero-order valence-electron chi connectivity index (χ0n) is 11.1. The van der Waals surface area contributed by atoms with Crippen molar-refractivity contribution in [2.75, 3.05) is 6.61 Å². The maximum atomic E-state index is 12.7. The lowest BCUT2D eigenvalue weighted by molar-refractivity contribution is 0.303. The Kier molecular flexibility index (Phi) is 5.85. The first-order valence-corrected chi connectivity index (χ1v) is 9.07.